The summed E-state index contributed by atoms with van der Waals surface area (Å²) in [6.07, 6.45) is 0. The molecule has 0 aromatic heterocycles. The summed E-state index contributed by atoms with van der Waals surface area (Å²) in [7, 11) is 4.90. The molecular formula is C18H21N3O3S. The molecule has 0 amide bonds. The zero-order valence-electron chi connectivity index (χ0n) is 14.6. The second-order valence-electron chi connectivity index (χ2n) is 5.77. The Balaban J connectivity index is 1.92. The van der Waals surface area contributed by atoms with E-state index in [0.717, 1.165) is 22.7 Å². The highest BCUT2D eigenvalue weighted by molar-refractivity contribution is 7.80. The maximum atomic E-state index is 5.53. The lowest BCUT2D eigenvalue weighted by molar-refractivity contribution is 0.345. The molecule has 132 valence electrons. The SMILES string of the molecule is COc1ccc(N2NC(C)(c3ccc(OC)cc3OC)NC2=S)cc1. The Bertz CT molecular complexity index is 782. The number of nitrogens with zero attached hydrogens (tertiary/aromatic N) is 1. The number of benzene rings is 2. The molecule has 1 unspecified atom stereocenters. The Labute approximate surface area is 152 Å². The van der Waals surface area contributed by atoms with E-state index in [9.17, 15) is 0 Å². The minimum Gasteiger partial charge on any atom is -0.497 e. The van der Waals surface area contributed by atoms with Gasteiger partial charge in [0, 0.05) is 11.6 Å². The second kappa shape index (κ2) is 6.78. The Hall–Kier alpha value is -2.51. The van der Waals surface area contributed by atoms with Crippen LogP contribution in [0.25, 0.3) is 0 Å². The molecule has 1 atom stereocenters. The smallest absolute Gasteiger partial charge is 0.190 e. The van der Waals surface area contributed by atoms with Gasteiger partial charge >= 0.3 is 0 Å². The van der Waals surface area contributed by atoms with E-state index >= 15 is 0 Å². The first-order valence-electron chi connectivity index (χ1n) is 7.77. The van der Waals surface area contributed by atoms with E-state index in [0.29, 0.717) is 10.9 Å². The van der Waals surface area contributed by atoms with E-state index in [-0.39, 0.29) is 0 Å². The topological polar surface area (TPSA) is 55.0 Å². The van der Waals surface area contributed by atoms with E-state index in [1.54, 1.807) is 21.3 Å². The molecule has 1 aliphatic rings. The lowest BCUT2D eigenvalue weighted by atomic mass is 10.0. The fourth-order valence-corrected chi connectivity index (χ4v) is 3.18. The maximum Gasteiger partial charge on any atom is 0.190 e. The molecule has 0 radical (unpaired) electrons. The van der Waals surface area contributed by atoms with E-state index in [1.807, 2.05) is 54.4 Å². The van der Waals surface area contributed by atoms with Gasteiger partial charge in [0.2, 0.25) is 0 Å². The fourth-order valence-electron chi connectivity index (χ4n) is 2.82. The van der Waals surface area contributed by atoms with Gasteiger partial charge in [-0.3, -0.25) is 0 Å². The van der Waals surface area contributed by atoms with Crippen LogP contribution in [0.5, 0.6) is 17.2 Å². The molecule has 0 saturated carbocycles. The monoisotopic (exact) mass is 359 g/mol. The summed E-state index contributed by atoms with van der Waals surface area (Å²) >= 11 is 5.52. The molecule has 2 N–H and O–H groups in total. The van der Waals surface area contributed by atoms with Crippen molar-refractivity contribution in [3.63, 3.8) is 0 Å². The molecule has 0 aliphatic carbocycles. The third kappa shape index (κ3) is 3.20. The van der Waals surface area contributed by atoms with Crippen LogP contribution >= 0.6 is 12.2 Å². The van der Waals surface area contributed by atoms with Crippen LogP contribution in [0.3, 0.4) is 0 Å². The highest BCUT2D eigenvalue weighted by Crippen LogP contribution is 2.35. The summed E-state index contributed by atoms with van der Waals surface area (Å²) in [6, 6.07) is 13.4. The lowest BCUT2D eigenvalue weighted by Gasteiger charge is -2.28. The second-order valence-corrected chi connectivity index (χ2v) is 6.15. The molecule has 25 heavy (non-hydrogen) atoms. The van der Waals surface area contributed by atoms with Crippen LogP contribution in [-0.4, -0.2) is 26.4 Å². The third-order valence-corrected chi connectivity index (χ3v) is 4.46. The number of rotatable bonds is 5. The van der Waals surface area contributed by atoms with Crippen molar-refractivity contribution in [2.75, 3.05) is 26.3 Å². The molecule has 2 aromatic rings. The first kappa shape index (κ1) is 17.3. The van der Waals surface area contributed by atoms with Gasteiger partial charge < -0.3 is 19.5 Å². The number of hydrogen-bond donors (Lipinski definition) is 2. The van der Waals surface area contributed by atoms with Gasteiger partial charge in [0.25, 0.3) is 0 Å². The molecule has 3 rings (SSSR count). The Morgan fingerprint density at radius 2 is 1.56 bits per heavy atom. The van der Waals surface area contributed by atoms with Gasteiger partial charge in [-0.2, -0.15) is 5.43 Å². The van der Waals surface area contributed by atoms with Crippen LogP contribution in [0.15, 0.2) is 42.5 Å². The number of thiocarbonyl (C=S) groups is 1. The van der Waals surface area contributed by atoms with E-state index in [1.165, 1.54) is 0 Å². The summed E-state index contributed by atoms with van der Waals surface area (Å²) in [6.45, 7) is 2.01. The van der Waals surface area contributed by atoms with Gasteiger partial charge in [-0.25, -0.2) is 5.01 Å². The van der Waals surface area contributed by atoms with Crippen molar-refractivity contribution in [2.45, 2.75) is 12.6 Å². The third-order valence-electron chi connectivity index (χ3n) is 4.17. The van der Waals surface area contributed by atoms with Crippen molar-refractivity contribution in [1.82, 2.24) is 10.7 Å². The fraction of sp³-hybridized carbons (Fsp3) is 0.278. The van der Waals surface area contributed by atoms with Crippen LogP contribution in [-0.2, 0) is 5.66 Å². The molecule has 7 heteroatoms. The zero-order chi connectivity index (χ0) is 18.0. The van der Waals surface area contributed by atoms with Crippen molar-refractivity contribution in [1.29, 1.82) is 0 Å². The maximum absolute atomic E-state index is 5.53. The van der Waals surface area contributed by atoms with E-state index in [2.05, 4.69) is 10.7 Å². The molecule has 1 fully saturated rings. The largest absolute Gasteiger partial charge is 0.497 e. The number of methoxy groups -OCH3 is 3. The first-order valence-corrected chi connectivity index (χ1v) is 8.18. The Morgan fingerprint density at radius 3 is 2.16 bits per heavy atom. The summed E-state index contributed by atoms with van der Waals surface area (Å²) in [5, 5.41) is 5.74. The van der Waals surface area contributed by atoms with E-state index in [4.69, 9.17) is 26.4 Å². The molecule has 0 bridgehead atoms. The quantitative estimate of drug-likeness (QED) is 0.796. The standard InChI is InChI=1S/C18H21N3O3S/c1-18(15-10-9-14(23-3)11-16(15)24-4)19-17(25)21(20-18)12-5-7-13(22-2)8-6-12/h5-11,20H,1-4H3,(H,19,25). The van der Waals surface area contributed by atoms with Crippen LogP contribution in [0.4, 0.5) is 5.69 Å². The minimum absolute atomic E-state index is 0.575. The minimum atomic E-state index is -0.616. The van der Waals surface area contributed by atoms with Gasteiger partial charge in [-0.15, -0.1) is 0 Å². The molecule has 2 aromatic carbocycles. The number of nitrogens with one attached hydrogen (secondary N) is 2. The Morgan fingerprint density at radius 1 is 0.920 bits per heavy atom. The molecule has 6 nitrogen and oxygen atoms in total. The van der Waals surface area contributed by atoms with Crippen molar-refractivity contribution in [2.24, 2.45) is 0 Å². The van der Waals surface area contributed by atoms with Crippen LogP contribution in [0.1, 0.15) is 12.5 Å². The van der Waals surface area contributed by atoms with Gasteiger partial charge in [0.15, 0.2) is 5.11 Å². The van der Waals surface area contributed by atoms with Gasteiger partial charge in [-0.05, 0) is 55.5 Å². The van der Waals surface area contributed by atoms with Crippen molar-refractivity contribution in [3.05, 3.63) is 48.0 Å². The summed E-state index contributed by atoms with van der Waals surface area (Å²) in [5.74, 6) is 2.24. The van der Waals surface area contributed by atoms with Gasteiger partial charge in [0.1, 0.15) is 22.9 Å². The average Bonchev–Trinajstić information content (AvgIpc) is 2.96. The summed E-state index contributed by atoms with van der Waals surface area (Å²) < 4.78 is 16.0. The van der Waals surface area contributed by atoms with Crippen molar-refractivity contribution < 1.29 is 14.2 Å². The van der Waals surface area contributed by atoms with Crippen LogP contribution in [0, 0.1) is 0 Å². The molecule has 1 aliphatic heterocycles. The van der Waals surface area contributed by atoms with Crippen molar-refractivity contribution >= 4 is 23.0 Å². The van der Waals surface area contributed by atoms with Gasteiger partial charge in [-0.1, -0.05) is 0 Å². The van der Waals surface area contributed by atoms with Crippen LogP contribution in [0.2, 0.25) is 0 Å². The average molecular weight is 359 g/mol. The number of anilines is 1. The van der Waals surface area contributed by atoms with Gasteiger partial charge in [0.05, 0.1) is 27.0 Å². The van der Waals surface area contributed by atoms with E-state index < -0.39 is 5.66 Å². The highest BCUT2D eigenvalue weighted by atomic mass is 32.1. The first-order chi connectivity index (χ1) is 12.0. The lowest BCUT2D eigenvalue weighted by Crippen LogP contribution is -2.46. The normalized spacial score (nSPS) is 19.5. The zero-order valence-corrected chi connectivity index (χ0v) is 15.4. The molecule has 1 saturated heterocycles. The number of ether oxygens (including phenoxy) is 3. The predicted molar refractivity (Wildman–Crippen MR) is 101 cm³/mol. The summed E-state index contributed by atoms with van der Waals surface area (Å²) in [5.41, 5.74) is 4.64. The molecular weight excluding hydrogens is 338 g/mol. The predicted octanol–water partition coefficient (Wildman–Crippen LogP) is 2.78. The number of hydrogen-bond acceptors (Lipinski definition) is 5. The van der Waals surface area contributed by atoms with Crippen molar-refractivity contribution in [3.8, 4) is 17.2 Å². The Kier molecular flexibility index (Phi) is 4.69. The number of hydrazine groups is 1. The summed E-state index contributed by atoms with van der Waals surface area (Å²) in [4.78, 5) is 0. The molecule has 0 spiro atoms. The highest BCUT2D eigenvalue weighted by Gasteiger charge is 2.40. The molecule has 1 heterocycles. The van der Waals surface area contributed by atoms with Crippen LogP contribution < -0.4 is 30.0 Å².